The minimum Gasteiger partial charge on any atom is -0.493 e. The number of hydrogen-bond acceptors (Lipinski definition) is 4. The topological polar surface area (TPSA) is 78.8 Å². The second-order valence-corrected chi connectivity index (χ2v) is 4.69. The van der Waals surface area contributed by atoms with E-state index in [1.807, 2.05) is 32.0 Å². The smallest absolute Gasteiger partial charge is 0.303 e. The molecule has 0 aliphatic heterocycles. The van der Waals surface area contributed by atoms with Crippen molar-refractivity contribution < 1.29 is 19.7 Å². The fourth-order valence-corrected chi connectivity index (χ4v) is 1.93. The average molecular weight is 281 g/mol. The molecule has 1 rings (SSSR count). The van der Waals surface area contributed by atoms with E-state index in [9.17, 15) is 9.90 Å². The monoisotopic (exact) mass is 281 g/mol. The molecule has 0 spiro atoms. The van der Waals surface area contributed by atoms with Crippen molar-refractivity contribution in [2.45, 2.75) is 32.8 Å². The van der Waals surface area contributed by atoms with Crippen LogP contribution in [0.3, 0.4) is 0 Å². The minimum absolute atomic E-state index is 0.137. The summed E-state index contributed by atoms with van der Waals surface area (Å²) in [6.07, 6.45) is 0.0209. The van der Waals surface area contributed by atoms with Gasteiger partial charge in [-0.05, 0) is 38.9 Å². The van der Waals surface area contributed by atoms with Gasteiger partial charge in [-0.3, -0.25) is 4.79 Å². The van der Waals surface area contributed by atoms with Crippen LogP contribution in [0.25, 0.3) is 0 Å². The molecule has 0 aliphatic carbocycles. The molecule has 0 bridgehead atoms. The van der Waals surface area contributed by atoms with Gasteiger partial charge in [-0.2, -0.15) is 0 Å². The Morgan fingerprint density at radius 2 is 2.20 bits per heavy atom. The lowest BCUT2D eigenvalue weighted by Crippen LogP contribution is -2.23. The number of aliphatic hydroxyl groups is 1. The van der Waals surface area contributed by atoms with E-state index in [4.69, 9.17) is 9.84 Å². The fourth-order valence-electron chi connectivity index (χ4n) is 1.93. The number of rotatable bonds is 9. The molecule has 1 unspecified atom stereocenters. The van der Waals surface area contributed by atoms with Crippen LogP contribution < -0.4 is 10.1 Å². The van der Waals surface area contributed by atoms with Crippen molar-refractivity contribution in [1.29, 1.82) is 0 Å². The quantitative estimate of drug-likeness (QED) is 0.602. The molecule has 5 nitrogen and oxygen atoms in total. The number of aliphatic carboxylic acids is 1. The third-order valence-electron chi connectivity index (χ3n) is 2.91. The van der Waals surface area contributed by atoms with Crippen LogP contribution in [0.15, 0.2) is 18.2 Å². The maximum absolute atomic E-state index is 10.4. The van der Waals surface area contributed by atoms with Gasteiger partial charge in [0.25, 0.3) is 0 Å². The molecule has 0 heterocycles. The third-order valence-corrected chi connectivity index (χ3v) is 2.91. The number of carboxylic acid groups (broad SMARTS) is 1. The van der Waals surface area contributed by atoms with Crippen molar-refractivity contribution in [3.05, 3.63) is 29.3 Å². The van der Waals surface area contributed by atoms with Crippen LogP contribution in [0.1, 0.15) is 37.0 Å². The number of nitrogens with one attached hydrogen (secondary N) is 1. The van der Waals surface area contributed by atoms with Crippen molar-refractivity contribution in [2.75, 3.05) is 19.7 Å². The molecular weight excluding hydrogens is 258 g/mol. The summed E-state index contributed by atoms with van der Waals surface area (Å²) in [5.74, 6) is -0.109. The van der Waals surface area contributed by atoms with Gasteiger partial charge in [-0.15, -0.1) is 0 Å². The Hall–Kier alpha value is -1.59. The van der Waals surface area contributed by atoms with Crippen LogP contribution in [0, 0.1) is 6.92 Å². The second-order valence-electron chi connectivity index (χ2n) is 4.69. The van der Waals surface area contributed by atoms with Gasteiger partial charge in [0.2, 0.25) is 0 Å². The predicted octanol–water partition coefficient (Wildman–Crippen LogP) is 1.88. The molecular formula is C15H23NO4. The molecule has 0 saturated heterocycles. The van der Waals surface area contributed by atoms with E-state index in [1.54, 1.807) is 0 Å². The Morgan fingerprint density at radius 1 is 1.45 bits per heavy atom. The molecule has 112 valence electrons. The molecule has 1 atom stereocenters. The number of aliphatic hydroxyl groups excluding tert-OH is 1. The van der Waals surface area contributed by atoms with Crippen LogP contribution in [-0.2, 0) is 4.79 Å². The minimum atomic E-state index is -0.801. The van der Waals surface area contributed by atoms with E-state index in [1.165, 1.54) is 0 Å². The Kier molecular flexibility index (Phi) is 7.04. The number of aryl methyl sites for hydroxylation is 1. The Morgan fingerprint density at radius 3 is 2.85 bits per heavy atom. The lowest BCUT2D eigenvalue weighted by atomic mass is 10.1. The van der Waals surface area contributed by atoms with Crippen LogP contribution in [0.5, 0.6) is 5.75 Å². The SMILES string of the molecule is CCOc1ccc(C)cc1C(O)CNCCCC(=O)O. The van der Waals surface area contributed by atoms with Gasteiger partial charge in [0.1, 0.15) is 5.75 Å². The molecule has 0 fully saturated rings. The highest BCUT2D eigenvalue weighted by molar-refractivity contribution is 5.66. The lowest BCUT2D eigenvalue weighted by Gasteiger charge is -2.17. The van der Waals surface area contributed by atoms with E-state index in [0.29, 0.717) is 31.9 Å². The first kappa shape index (κ1) is 16.5. The van der Waals surface area contributed by atoms with Crippen molar-refractivity contribution in [2.24, 2.45) is 0 Å². The molecule has 1 aromatic carbocycles. The molecule has 5 heteroatoms. The summed E-state index contributed by atoms with van der Waals surface area (Å²) in [4.78, 5) is 10.4. The van der Waals surface area contributed by atoms with Gasteiger partial charge in [-0.1, -0.05) is 11.6 Å². The fraction of sp³-hybridized carbons (Fsp3) is 0.533. The highest BCUT2D eigenvalue weighted by Crippen LogP contribution is 2.26. The first-order chi connectivity index (χ1) is 9.54. The summed E-state index contributed by atoms with van der Waals surface area (Å²) in [6, 6.07) is 5.72. The van der Waals surface area contributed by atoms with Gasteiger partial charge in [0, 0.05) is 18.5 Å². The number of carboxylic acids is 1. The molecule has 0 amide bonds. The lowest BCUT2D eigenvalue weighted by molar-refractivity contribution is -0.137. The van der Waals surface area contributed by atoms with Crippen LogP contribution in [0.2, 0.25) is 0 Å². The zero-order chi connectivity index (χ0) is 15.0. The predicted molar refractivity (Wildman–Crippen MR) is 77.0 cm³/mol. The Bertz CT molecular complexity index is 434. The molecule has 0 aliphatic rings. The molecule has 1 aromatic rings. The largest absolute Gasteiger partial charge is 0.493 e. The maximum Gasteiger partial charge on any atom is 0.303 e. The standard InChI is InChI=1S/C15H23NO4/c1-3-20-14-7-6-11(2)9-12(14)13(17)10-16-8-4-5-15(18)19/h6-7,9,13,16-17H,3-5,8,10H2,1-2H3,(H,18,19). The third kappa shape index (κ3) is 5.59. The molecule has 0 aromatic heterocycles. The van der Waals surface area contributed by atoms with Crippen LogP contribution >= 0.6 is 0 Å². The zero-order valence-corrected chi connectivity index (χ0v) is 12.1. The Labute approximate surface area is 119 Å². The van der Waals surface area contributed by atoms with Crippen molar-refractivity contribution in [3.63, 3.8) is 0 Å². The highest BCUT2D eigenvalue weighted by atomic mass is 16.5. The summed E-state index contributed by atoms with van der Waals surface area (Å²) in [7, 11) is 0. The van der Waals surface area contributed by atoms with E-state index in [2.05, 4.69) is 5.32 Å². The first-order valence-electron chi connectivity index (χ1n) is 6.88. The second kappa shape index (κ2) is 8.55. The van der Waals surface area contributed by atoms with Crippen LogP contribution in [0.4, 0.5) is 0 Å². The highest BCUT2D eigenvalue weighted by Gasteiger charge is 2.13. The van der Waals surface area contributed by atoms with Crippen molar-refractivity contribution >= 4 is 5.97 Å². The van der Waals surface area contributed by atoms with E-state index in [-0.39, 0.29) is 6.42 Å². The number of ether oxygens (including phenoxy) is 1. The first-order valence-corrected chi connectivity index (χ1v) is 6.88. The Balaban J connectivity index is 2.51. The summed E-state index contributed by atoms with van der Waals surface area (Å²) >= 11 is 0. The van der Waals surface area contributed by atoms with Crippen molar-refractivity contribution in [3.8, 4) is 5.75 Å². The summed E-state index contributed by atoms with van der Waals surface area (Å²) in [5.41, 5.74) is 1.82. The summed E-state index contributed by atoms with van der Waals surface area (Å²) in [6.45, 7) is 5.36. The van der Waals surface area contributed by atoms with Gasteiger partial charge in [0.15, 0.2) is 0 Å². The number of carbonyl (C=O) groups is 1. The average Bonchev–Trinajstić information content (AvgIpc) is 2.40. The van der Waals surface area contributed by atoms with Crippen LogP contribution in [-0.4, -0.2) is 35.9 Å². The number of benzene rings is 1. The maximum atomic E-state index is 10.4. The normalized spacial score (nSPS) is 12.2. The molecule has 0 radical (unpaired) electrons. The molecule has 3 N–H and O–H groups in total. The van der Waals surface area contributed by atoms with E-state index < -0.39 is 12.1 Å². The van der Waals surface area contributed by atoms with Gasteiger partial charge < -0.3 is 20.3 Å². The zero-order valence-electron chi connectivity index (χ0n) is 12.1. The molecule has 0 saturated carbocycles. The van der Waals surface area contributed by atoms with Crippen molar-refractivity contribution in [1.82, 2.24) is 5.32 Å². The van der Waals surface area contributed by atoms with Gasteiger partial charge in [0.05, 0.1) is 12.7 Å². The van der Waals surface area contributed by atoms with Gasteiger partial charge in [-0.25, -0.2) is 0 Å². The van der Waals surface area contributed by atoms with E-state index in [0.717, 1.165) is 11.1 Å². The summed E-state index contributed by atoms with van der Waals surface area (Å²) in [5, 5.41) is 21.8. The molecule has 20 heavy (non-hydrogen) atoms. The van der Waals surface area contributed by atoms with Gasteiger partial charge >= 0.3 is 5.97 Å². The van der Waals surface area contributed by atoms with E-state index >= 15 is 0 Å². The number of hydrogen-bond donors (Lipinski definition) is 3. The summed E-state index contributed by atoms with van der Waals surface area (Å²) < 4.78 is 5.51.